The van der Waals surface area contributed by atoms with Gasteiger partial charge in [-0.2, -0.15) is 0 Å². The van der Waals surface area contributed by atoms with Crippen LogP contribution >= 0.6 is 11.3 Å². The SMILES string of the molecule is Cc1ccc2nc(CC(=O)CNC(=O)C3CCCC3)sc2c1. The first-order valence-corrected chi connectivity index (χ1v) is 8.59. The van der Waals surface area contributed by atoms with Gasteiger partial charge in [-0.15, -0.1) is 11.3 Å². The van der Waals surface area contributed by atoms with Crippen molar-refractivity contribution in [2.45, 2.75) is 39.0 Å². The fraction of sp³-hybridized carbons (Fsp3) is 0.471. The number of hydrogen-bond donors (Lipinski definition) is 1. The lowest BCUT2D eigenvalue weighted by Crippen LogP contribution is -2.34. The summed E-state index contributed by atoms with van der Waals surface area (Å²) >= 11 is 1.55. The zero-order valence-corrected chi connectivity index (χ0v) is 13.5. The third-order valence-corrected chi connectivity index (χ3v) is 5.14. The molecule has 1 amide bonds. The summed E-state index contributed by atoms with van der Waals surface area (Å²) < 4.78 is 1.11. The molecule has 1 fully saturated rings. The molecule has 1 aliphatic carbocycles. The molecule has 1 N–H and O–H groups in total. The number of aryl methyl sites for hydroxylation is 1. The second-order valence-electron chi connectivity index (χ2n) is 5.99. The lowest BCUT2D eigenvalue weighted by Gasteiger charge is -2.09. The first-order chi connectivity index (χ1) is 10.6. The van der Waals surface area contributed by atoms with Crippen LogP contribution < -0.4 is 5.32 Å². The van der Waals surface area contributed by atoms with E-state index in [0.717, 1.165) is 40.9 Å². The van der Waals surface area contributed by atoms with Crippen LogP contribution in [-0.2, 0) is 16.0 Å². The number of ketones is 1. The van der Waals surface area contributed by atoms with Crippen LogP contribution in [0.3, 0.4) is 0 Å². The van der Waals surface area contributed by atoms with Gasteiger partial charge in [0, 0.05) is 5.92 Å². The van der Waals surface area contributed by atoms with E-state index in [0.29, 0.717) is 6.42 Å². The Kier molecular flexibility index (Phi) is 4.52. The van der Waals surface area contributed by atoms with Crippen molar-refractivity contribution in [2.75, 3.05) is 6.54 Å². The number of aromatic nitrogens is 1. The van der Waals surface area contributed by atoms with Gasteiger partial charge in [0.1, 0.15) is 5.01 Å². The topological polar surface area (TPSA) is 59.1 Å². The maximum atomic E-state index is 12.0. The second-order valence-corrected chi connectivity index (χ2v) is 7.11. The predicted molar refractivity (Wildman–Crippen MR) is 88.0 cm³/mol. The lowest BCUT2D eigenvalue weighted by atomic mass is 10.1. The fourth-order valence-corrected chi connectivity index (χ4v) is 4.00. The molecule has 2 aromatic rings. The normalized spacial score (nSPS) is 15.3. The minimum absolute atomic E-state index is 0.0159. The number of carbonyl (C=O) groups excluding carboxylic acids is 2. The molecule has 0 atom stereocenters. The van der Waals surface area contributed by atoms with Gasteiger partial charge in [0.05, 0.1) is 23.2 Å². The molecule has 1 aromatic carbocycles. The van der Waals surface area contributed by atoms with Crippen molar-refractivity contribution in [3.8, 4) is 0 Å². The highest BCUT2D eigenvalue weighted by atomic mass is 32.1. The quantitative estimate of drug-likeness (QED) is 0.922. The Morgan fingerprint density at radius 3 is 2.86 bits per heavy atom. The van der Waals surface area contributed by atoms with E-state index in [1.165, 1.54) is 5.56 Å². The van der Waals surface area contributed by atoms with Gasteiger partial charge >= 0.3 is 0 Å². The van der Waals surface area contributed by atoms with Gasteiger partial charge < -0.3 is 5.32 Å². The van der Waals surface area contributed by atoms with Crippen molar-refractivity contribution < 1.29 is 9.59 Å². The van der Waals surface area contributed by atoms with E-state index in [2.05, 4.69) is 16.4 Å². The molecular formula is C17H20N2O2S. The van der Waals surface area contributed by atoms with E-state index in [9.17, 15) is 9.59 Å². The maximum absolute atomic E-state index is 12.0. The van der Waals surface area contributed by atoms with E-state index in [1.54, 1.807) is 11.3 Å². The van der Waals surface area contributed by atoms with Crippen LogP contribution in [0.2, 0.25) is 0 Å². The van der Waals surface area contributed by atoms with Gasteiger partial charge in [-0.3, -0.25) is 9.59 Å². The van der Waals surface area contributed by atoms with Crippen molar-refractivity contribution in [1.29, 1.82) is 0 Å². The first-order valence-electron chi connectivity index (χ1n) is 7.77. The van der Waals surface area contributed by atoms with Gasteiger partial charge in [0.25, 0.3) is 0 Å². The average molecular weight is 316 g/mol. The Balaban J connectivity index is 1.55. The number of benzene rings is 1. The number of Topliss-reactive ketones (excluding diaryl/α,β-unsaturated/α-hetero) is 1. The van der Waals surface area contributed by atoms with Crippen molar-refractivity contribution in [2.24, 2.45) is 5.92 Å². The molecule has 4 nitrogen and oxygen atoms in total. The van der Waals surface area contributed by atoms with Crippen LogP contribution in [0, 0.1) is 12.8 Å². The van der Waals surface area contributed by atoms with Crippen LogP contribution in [0.1, 0.15) is 36.3 Å². The Morgan fingerprint density at radius 1 is 1.32 bits per heavy atom. The van der Waals surface area contributed by atoms with Crippen LogP contribution in [0.5, 0.6) is 0 Å². The number of thiazole rings is 1. The number of amides is 1. The number of hydrogen-bond acceptors (Lipinski definition) is 4. The summed E-state index contributed by atoms with van der Waals surface area (Å²) in [4.78, 5) is 28.4. The highest BCUT2D eigenvalue weighted by Gasteiger charge is 2.22. The molecule has 1 saturated carbocycles. The molecule has 22 heavy (non-hydrogen) atoms. The minimum Gasteiger partial charge on any atom is -0.349 e. The highest BCUT2D eigenvalue weighted by molar-refractivity contribution is 7.18. The smallest absolute Gasteiger partial charge is 0.223 e. The molecule has 3 rings (SSSR count). The zero-order valence-electron chi connectivity index (χ0n) is 12.7. The molecule has 0 spiro atoms. The lowest BCUT2D eigenvalue weighted by molar-refractivity contribution is -0.127. The summed E-state index contributed by atoms with van der Waals surface area (Å²) in [5.74, 6) is 0.158. The van der Waals surface area contributed by atoms with Crippen LogP contribution in [0.15, 0.2) is 18.2 Å². The number of nitrogens with one attached hydrogen (secondary N) is 1. The van der Waals surface area contributed by atoms with Crippen LogP contribution in [-0.4, -0.2) is 23.2 Å². The molecule has 0 unspecified atom stereocenters. The molecule has 1 aromatic heterocycles. The maximum Gasteiger partial charge on any atom is 0.223 e. The summed E-state index contributed by atoms with van der Waals surface area (Å²) in [5, 5.41) is 3.60. The fourth-order valence-electron chi connectivity index (χ4n) is 2.90. The van der Waals surface area contributed by atoms with Gasteiger partial charge in [-0.25, -0.2) is 4.98 Å². The van der Waals surface area contributed by atoms with Gasteiger partial charge in [-0.05, 0) is 37.5 Å². The third kappa shape index (κ3) is 3.53. The summed E-state index contributed by atoms with van der Waals surface area (Å²) in [7, 11) is 0. The summed E-state index contributed by atoms with van der Waals surface area (Å²) in [5.41, 5.74) is 2.13. The molecular weight excluding hydrogens is 296 g/mol. The molecule has 0 saturated heterocycles. The summed E-state index contributed by atoms with van der Waals surface area (Å²) in [6.45, 7) is 2.16. The molecule has 1 aliphatic rings. The van der Waals surface area contributed by atoms with E-state index in [4.69, 9.17) is 0 Å². The van der Waals surface area contributed by atoms with Gasteiger partial charge in [0.2, 0.25) is 5.91 Å². The van der Waals surface area contributed by atoms with E-state index >= 15 is 0 Å². The third-order valence-electron chi connectivity index (χ3n) is 4.12. The van der Waals surface area contributed by atoms with Gasteiger partial charge in [0.15, 0.2) is 5.78 Å². The molecule has 116 valence electrons. The Labute approximate surface area is 133 Å². The molecule has 0 radical (unpaired) electrons. The van der Waals surface area contributed by atoms with Crippen molar-refractivity contribution in [3.63, 3.8) is 0 Å². The number of fused-ring (bicyclic) bond motifs is 1. The number of rotatable bonds is 5. The molecule has 0 aliphatic heterocycles. The average Bonchev–Trinajstić information content (AvgIpc) is 3.13. The van der Waals surface area contributed by atoms with Crippen molar-refractivity contribution in [1.82, 2.24) is 10.3 Å². The van der Waals surface area contributed by atoms with Gasteiger partial charge in [-0.1, -0.05) is 18.9 Å². The number of nitrogens with zero attached hydrogens (tertiary/aromatic N) is 1. The van der Waals surface area contributed by atoms with E-state index in [1.807, 2.05) is 19.1 Å². The Bertz CT molecular complexity index is 702. The van der Waals surface area contributed by atoms with Crippen molar-refractivity contribution >= 4 is 33.2 Å². The Hall–Kier alpha value is -1.75. The van der Waals surface area contributed by atoms with Crippen molar-refractivity contribution in [3.05, 3.63) is 28.8 Å². The predicted octanol–water partition coefficient (Wildman–Crippen LogP) is 3.02. The summed E-state index contributed by atoms with van der Waals surface area (Å²) in [6, 6.07) is 6.09. The van der Waals surface area contributed by atoms with Crippen LogP contribution in [0.25, 0.3) is 10.2 Å². The second kappa shape index (κ2) is 6.57. The largest absolute Gasteiger partial charge is 0.349 e. The van der Waals surface area contributed by atoms with E-state index in [-0.39, 0.29) is 24.2 Å². The molecule has 1 heterocycles. The first kappa shape index (κ1) is 15.2. The Morgan fingerprint density at radius 2 is 2.09 bits per heavy atom. The summed E-state index contributed by atoms with van der Waals surface area (Å²) in [6.07, 6.45) is 4.45. The number of carbonyl (C=O) groups is 2. The van der Waals surface area contributed by atoms with E-state index < -0.39 is 0 Å². The minimum atomic E-state index is 0.0159. The zero-order chi connectivity index (χ0) is 15.5. The monoisotopic (exact) mass is 316 g/mol. The molecule has 5 heteroatoms. The molecule has 0 bridgehead atoms. The highest BCUT2D eigenvalue weighted by Crippen LogP contribution is 2.25. The standard InChI is InChI=1S/C17H20N2O2S/c1-11-6-7-14-15(8-11)22-16(19-14)9-13(20)10-18-17(21)12-4-2-3-5-12/h6-8,12H,2-5,9-10H2,1H3,(H,18,21). The van der Waals surface area contributed by atoms with Crippen LogP contribution in [0.4, 0.5) is 0 Å².